The molecule has 0 spiro atoms. The lowest BCUT2D eigenvalue weighted by molar-refractivity contribution is -0.150. The van der Waals surface area contributed by atoms with Crippen molar-refractivity contribution in [2.24, 2.45) is 5.41 Å². The molecule has 1 atom stereocenters. The maximum Gasteiger partial charge on any atom is 0.335 e. The smallest absolute Gasteiger partial charge is 0.335 e. The van der Waals surface area contributed by atoms with Crippen molar-refractivity contribution in [2.75, 3.05) is 19.8 Å². The summed E-state index contributed by atoms with van der Waals surface area (Å²) in [4.78, 5) is 24.5. The van der Waals surface area contributed by atoms with E-state index in [1.54, 1.807) is 6.92 Å². The number of ether oxygens (including phenoxy) is 2. The van der Waals surface area contributed by atoms with Crippen molar-refractivity contribution in [3.05, 3.63) is 83.5 Å². The highest BCUT2D eigenvalue weighted by Crippen LogP contribution is 2.33. The molecule has 2 rings (SSSR count). The topological polar surface area (TPSA) is 72.8 Å². The first-order valence-electron chi connectivity index (χ1n) is 15.7. The van der Waals surface area contributed by atoms with Gasteiger partial charge in [-0.1, -0.05) is 108 Å². The molecule has 2 aromatic rings. The number of aliphatic hydroxyl groups excluding tert-OH is 1. The molecule has 0 bridgehead atoms. The molecular weight excluding hydrogens is 524 g/mol. The van der Waals surface area contributed by atoms with Gasteiger partial charge in [-0.2, -0.15) is 0 Å². The van der Waals surface area contributed by atoms with Crippen molar-refractivity contribution in [1.29, 1.82) is 0 Å². The number of rotatable bonds is 20. The first-order valence-corrected chi connectivity index (χ1v) is 15.7. The number of aryl methyl sites for hydroxylation is 3. The van der Waals surface area contributed by atoms with Gasteiger partial charge in [-0.25, -0.2) is 9.59 Å². The van der Waals surface area contributed by atoms with E-state index in [-0.39, 0.29) is 18.8 Å². The molecule has 230 valence electrons. The second kappa shape index (κ2) is 18.4. The van der Waals surface area contributed by atoms with Crippen molar-refractivity contribution in [2.45, 2.75) is 98.3 Å². The maximum absolute atomic E-state index is 12.3. The van der Waals surface area contributed by atoms with Gasteiger partial charge in [-0.15, -0.1) is 0 Å². The highest BCUT2D eigenvalue weighted by molar-refractivity contribution is 5.88. The van der Waals surface area contributed by atoms with Gasteiger partial charge in [-0.05, 0) is 73.3 Å². The summed E-state index contributed by atoms with van der Waals surface area (Å²) in [5.74, 6) is -1.09. The molecule has 5 nitrogen and oxygen atoms in total. The third-order valence-electron chi connectivity index (χ3n) is 8.00. The third kappa shape index (κ3) is 11.2. The largest absolute Gasteiger partial charge is 0.462 e. The summed E-state index contributed by atoms with van der Waals surface area (Å²) in [5, 5.41) is 9.26. The van der Waals surface area contributed by atoms with Gasteiger partial charge in [0.1, 0.15) is 13.2 Å². The summed E-state index contributed by atoms with van der Waals surface area (Å²) in [6.07, 6.45) is 11.6. The molecule has 0 saturated heterocycles. The molecular formula is C37H52O5. The van der Waals surface area contributed by atoms with Crippen molar-refractivity contribution >= 4 is 11.9 Å². The van der Waals surface area contributed by atoms with E-state index < -0.39 is 24.0 Å². The summed E-state index contributed by atoms with van der Waals surface area (Å²) in [5.41, 5.74) is 6.25. The Morgan fingerprint density at radius 1 is 0.762 bits per heavy atom. The SMILES string of the molecule is C=C(C)C(=O)OCC(CCC)(CCc1ccc(-c2ccc(CCCCCCC)c(CC)c2)cc1)COC(=O)C(=C)CO. The number of unbranched alkanes of at least 4 members (excludes halogenated alkanes) is 4. The molecule has 0 heterocycles. The molecule has 0 fully saturated rings. The van der Waals surface area contributed by atoms with E-state index in [1.165, 1.54) is 54.4 Å². The number of hydrogen-bond donors (Lipinski definition) is 1. The second-order valence-electron chi connectivity index (χ2n) is 11.6. The van der Waals surface area contributed by atoms with Crippen LogP contribution in [0.4, 0.5) is 0 Å². The lowest BCUT2D eigenvalue weighted by atomic mass is 9.79. The number of hydrogen-bond acceptors (Lipinski definition) is 5. The summed E-state index contributed by atoms with van der Waals surface area (Å²) in [6.45, 7) is 15.1. The zero-order valence-electron chi connectivity index (χ0n) is 26.4. The Morgan fingerprint density at radius 2 is 1.40 bits per heavy atom. The Morgan fingerprint density at radius 3 is 2.00 bits per heavy atom. The average Bonchev–Trinajstić information content (AvgIpc) is 3.01. The van der Waals surface area contributed by atoms with E-state index in [1.807, 2.05) is 0 Å². The minimum Gasteiger partial charge on any atom is -0.462 e. The van der Waals surface area contributed by atoms with Crippen LogP contribution in [-0.4, -0.2) is 36.9 Å². The zero-order valence-corrected chi connectivity index (χ0v) is 26.4. The molecule has 42 heavy (non-hydrogen) atoms. The minimum absolute atomic E-state index is 0.00107. The maximum atomic E-state index is 12.3. The predicted octanol–water partition coefficient (Wildman–Crippen LogP) is 8.36. The van der Waals surface area contributed by atoms with E-state index in [0.717, 1.165) is 31.2 Å². The molecule has 0 aliphatic carbocycles. The molecule has 0 saturated carbocycles. The Labute approximate surface area is 254 Å². The van der Waals surface area contributed by atoms with Crippen LogP contribution >= 0.6 is 0 Å². The monoisotopic (exact) mass is 576 g/mol. The Hall–Kier alpha value is -3.18. The van der Waals surface area contributed by atoms with Crippen LogP contribution in [-0.2, 0) is 38.3 Å². The molecule has 2 aromatic carbocycles. The fourth-order valence-electron chi connectivity index (χ4n) is 5.28. The van der Waals surface area contributed by atoms with E-state index in [0.29, 0.717) is 18.4 Å². The van der Waals surface area contributed by atoms with Gasteiger partial charge in [-0.3, -0.25) is 0 Å². The van der Waals surface area contributed by atoms with Gasteiger partial charge < -0.3 is 14.6 Å². The highest BCUT2D eigenvalue weighted by Gasteiger charge is 2.33. The van der Waals surface area contributed by atoms with Crippen molar-refractivity contribution in [3.8, 4) is 11.1 Å². The van der Waals surface area contributed by atoms with Crippen LogP contribution in [0.1, 0.15) is 95.8 Å². The number of esters is 2. The number of aliphatic hydroxyl groups is 1. The predicted molar refractivity (Wildman–Crippen MR) is 172 cm³/mol. The lowest BCUT2D eigenvalue weighted by Crippen LogP contribution is -2.35. The number of carbonyl (C=O) groups excluding carboxylic acids is 2. The Kier molecular flexibility index (Phi) is 15.3. The van der Waals surface area contributed by atoms with Crippen LogP contribution in [0.5, 0.6) is 0 Å². The zero-order chi connectivity index (χ0) is 31.0. The van der Waals surface area contributed by atoms with Crippen LogP contribution < -0.4 is 0 Å². The first kappa shape index (κ1) is 35.0. The molecule has 0 radical (unpaired) electrons. The van der Waals surface area contributed by atoms with Gasteiger partial charge in [0.15, 0.2) is 0 Å². The number of benzene rings is 2. The normalized spacial score (nSPS) is 12.4. The minimum atomic E-state index is -0.637. The molecule has 0 aromatic heterocycles. The molecule has 1 N–H and O–H groups in total. The Bertz CT molecular complexity index is 1160. The van der Waals surface area contributed by atoms with Gasteiger partial charge in [0.25, 0.3) is 0 Å². The van der Waals surface area contributed by atoms with Gasteiger partial charge >= 0.3 is 11.9 Å². The molecule has 0 aliphatic heterocycles. The fourth-order valence-corrected chi connectivity index (χ4v) is 5.28. The molecule has 0 aliphatic rings. The summed E-state index contributed by atoms with van der Waals surface area (Å²) >= 11 is 0. The van der Waals surface area contributed by atoms with E-state index in [4.69, 9.17) is 9.47 Å². The van der Waals surface area contributed by atoms with Crippen molar-refractivity contribution < 1.29 is 24.2 Å². The fraction of sp³-hybridized carbons (Fsp3) is 0.514. The highest BCUT2D eigenvalue weighted by atomic mass is 16.5. The van der Waals surface area contributed by atoms with E-state index >= 15 is 0 Å². The summed E-state index contributed by atoms with van der Waals surface area (Å²) in [6, 6.07) is 15.5. The van der Waals surface area contributed by atoms with Crippen molar-refractivity contribution in [1.82, 2.24) is 0 Å². The van der Waals surface area contributed by atoms with Crippen LogP contribution in [0, 0.1) is 5.41 Å². The van der Waals surface area contributed by atoms with Crippen LogP contribution in [0.15, 0.2) is 66.8 Å². The van der Waals surface area contributed by atoms with Crippen molar-refractivity contribution in [3.63, 3.8) is 0 Å². The third-order valence-corrected chi connectivity index (χ3v) is 8.00. The van der Waals surface area contributed by atoms with E-state index in [2.05, 4.69) is 76.4 Å². The molecule has 1 unspecified atom stereocenters. The van der Waals surface area contributed by atoms with E-state index in [9.17, 15) is 14.7 Å². The first-order chi connectivity index (χ1) is 20.2. The standard InChI is InChI=1S/C37H52O5/c1-7-10-11-12-13-14-32-19-20-34(24-31(32)9-3)33-17-15-30(16-18-33)21-23-37(22-8-2,26-41-35(39)28(4)5)27-42-36(40)29(6)25-38/h15-20,24,38H,4,6-14,21-23,25-27H2,1-3,5H3. The lowest BCUT2D eigenvalue weighted by Gasteiger charge is -2.33. The Balaban J connectivity index is 2.15. The summed E-state index contributed by atoms with van der Waals surface area (Å²) in [7, 11) is 0. The van der Waals surface area contributed by atoms with Gasteiger partial charge in [0.05, 0.1) is 12.2 Å². The van der Waals surface area contributed by atoms with Crippen LogP contribution in [0.2, 0.25) is 0 Å². The van der Waals surface area contributed by atoms with Crippen LogP contribution in [0.3, 0.4) is 0 Å². The summed E-state index contributed by atoms with van der Waals surface area (Å²) < 4.78 is 11.1. The average molecular weight is 577 g/mol. The molecule has 0 amide bonds. The number of carbonyl (C=O) groups is 2. The van der Waals surface area contributed by atoms with Gasteiger partial charge in [0.2, 0.25) is 0 Å². The second-order valence-corrected chi connectivity index (χ2v) is 11.6. The van der Waals surface area contributed by atoms with Crippen LogP contribution in [0.25, 0.3) is 11.1 Å². The quantitative estimate of drug-likeness (QED) is 0.0974. The van der Waals surface area contributed by atoms with Gasteiger partial charge in [0, 0.05) is 11.0 Å². The molecule has 5 heteroatoms.